The summed E-state index contributed by atoms with van der Waals surface area (Å²) in [7, 11) is 0. The van der Waals surface area contributed by atoms with Crippen molar-refractivity contribution in [1.29, 1.82) is 0 Å². The molecule has 0 spiro atoms. The van der Waals surface area contributed by atoms with Crippen molar-refractivity contribution >= 4 is 44.7 Å². The maximum Gasteiger partial charge on any atom is 0.227 e. The molecule has 6 aromatic rings. The molecule has 5 aromatic heterocycles. The van der Waals surface area contributed by atoms with E-state index in [9.17, 15) is 4.79 Å². The van der Waals surface area contributed by atoms with E-state index in [1.54, 1.807) is 17.5 Å². The summed E-state index contributed by atoms with van der Waals surface area (Å²) in [6, 6.07) is 16.4. The van der Waals surface area contributed by atoms with Gasteiger partial charge in [0.1, 0.15) is 5.69 Å². The molecule has 5 heterocycles. The summed E-state index contributed by atoms with van der Waals surface area (Å²) in [6.07, 6.45) is 9.58. The van der Waals surface area contributed by atoms with Crippen LogP contribution in [0.5, 0.6) is 0 Å². The molecule has 182 valence electrons. The van der Waals surface area contributed by atoms with Gasteiger partial charge in [-0.05, 0) is 60.2 Å². The van der Waals surface area contributed by atoms with Crippen LogP contribution < -0.4 is 5.32 Å². The maximum absolute atomic E-state index is 12.6. The second kappa shape index (κ2) is 8.97. The van der Waals surface area contributed by atoms with E-state index >= 15 is 0 Å². The van der Waals surface area contributed by atoms with E-state index < -0.39 is 0 Å². The number of aromatic amines is 2. The standard InChI is InChI=1S/C29H24N6OS/c36-29(17-4-1-2-5-17)32-20-12-19(15-30-16-20)18-7-8-24-21(13-18)27(35-34-24)25-14-22-23(33-25)9-10-31-28(22)26-6-3-11-37-26/h3,6-17,33H,1-2,4-5H2,(H,32,36)(H,34,35). The molecule has 0 bridgehead atoms. The number of rotatable bonds is 5. The number of carbonyl (C=O) groups is 1. The largest absolute Gasteiger partial charge is 0.353 e. The second-order valence-corrected chi connectivity index (χ2v) is 10.5. The van der Waals surface area contributed by atoms with Crippen LogP contribution in [0, 0.1) is 5.92 Å². The Morgan fingerprint density at radius 1 is 0.946 bits per heavy atom. The highest BCUT2D eigenvalue weighted by Crippen LogP contribution is 2.35. The lowest BCUT2D eigenvalue weighted by molar-refractivity contribution is -0.119. The Bertz CT molecular complexity index is 1740. The number of aromatic nitrogens is 5. The maximum atomic E-state index is 12.6. The molecule has 1 fully saturated rings. The topological polar surface area (TPSA) is 99.3 Å². The lowest BCUT2D eigenvalue weighted by atomic mass is 10.0. The van der Waals surface area contributed by atoms with Crippen molar-refractivity contribution in [3.05, 3.63) is 72.5 Å². The van der Waals surface area contributed by atoms with Gasteiger partial charge < -0.3 is 10.3 Å². The Labute approximate surface area is 217 Å². The quantitative estimate of drug-likeness (QED) is 0.235. The predicted octanol–water partition coefficient (Wildman–Crippen LogP) is 7.03. The fourth-order valence-electron chi connectivity index (χ4n) is 5.29. The molecule has 0 unspecified atom stereocenters. The minimum atomic E-state index is 0.0965. The van der Waals surface area contributed by atoms with Crippen molar-refractivity contribution in [2.75, 3.05) is 5.32 Å². The summed E-state index contributed by atoms with van der Waals surface area (Å²) in [5, 5.41) is 15.0. The molecule has 3 N–H and O–H groups in total. The average Bonchev–Trinajstić information content (AvgIpc) is 3.74. The molecule has 1 saturated carbocycles. The summed E-state index contributed by atoms with van der Waals surface area (Å²) in [6.45, 7) is 0. The van der Waals surface area contributed by atoms with Crippen molar-refractivity contribution < 1.29 is 4.79 Å². The number of hydrogen-bond donors (Lipinski definition) is 3. The molecule has 0 radical (unpaired) electrons. The normalized spacial score (nSPS) is 14.1. The molecule has 7 rings (SSSR count). The van der Waals surface area contributed by atoms with Gasteiger partial charge in [0.2, 0.25) is 5.91 Å². The number of H-pyrrole nitrogens is 2. The number of thiophene rings is 1. The van der Waals surface area contributed by atoms with Crippen molar-refractivity contribution in [2.24, 2.45) is 5.92 Å². The van der Waals surface area contributed by atoms with Gasteiger partial charge in [0.05, 0.1) is 33.7 Å². The van der Waals surface area contributed by atoms with Gasteiger partial charge in [0, 0.05) is 40.2 Å². The van der Waals surface area contributed by atoms with E-state index in [0.717, 1.165) is 86.3 Å². The first-order valence-electron chi connectivity index (χ1n) is 12.5. The Kier molecular flexibility index (Phi) is 5.32. The van der Waals surface area contributed by atoms with Crippen LogP contribution in [0.4, 0.5) is 5.69 Å². The highest BCUT2D eigenvalue weighted by Gasteiger charge is 2.23. The van der Waals surface area contributed by atoms with Crippen LogP contribution >= 0.6 is 11.3 Å². The van der Waals surface area contributed by atoms with Crippen LogP contribution in [0.15, 0.2) is 72.5 Å². The Morgan fingerprint density at radius 2 is 1.84 bits per heavy atom. The zero-order valence-electron chi connectivity index (χ0n) is 20.0. The number of benzene rings is 1. The van der Waals surface area contributed by atoms with Crippen LogP contribution in [0.1, 0.15) is 25.7 Å². The lowest BCUT2D eigenvalue weighted by Gasteiger charge is -2.11. The van der Waals surface area contributed by atoms with Crippen molar-refractivity contribution in [1.82, 2.24) is 25.1 Å². The van der Waals surface area contributed by atoms with Gasteiger partial charge in [0.25, 0.3) is 0 Å². The monoisotopic (exact) mass is 504 g/mol. The van der Waals surface area contributed by atoms with E-state index in [2.05, 4.69) is 54.0 Å². The number of hydrogen-bond acceptors (Lipinski definition) is 5. The highest BCUT2D eigenvalue weighted by molar-refractivity contribution is 7.13. The highest BCUT2D eigenvalue weighted by atomic mass is 32.1. The minimum Gasteiger partial charge on any atom is -0.353 e. The Morgan fingerprint density at radius 3 is 2.70 bits per heavy atom. The first kappa shape index (κ1) is 21.9. The predicted molar refractivity (Wildman–Crippen MR) is 148 cm³/mol. The smallest absolute Gasteiger partial charge is 0.227 e. The Balaban J connectivity index is 1.25. The number of pyridine rings is 2. The molecule has 1 aromatic carbocycles. The zero-order valence-corrected chi connectivity index (χ0v) is 20.8. The number of carbonyl (C=O) groups excluding carboxylic acids is 1. The van der Waals surface area contributed by atoms with Gasteiger partial charge in [-0.2, -0.15) is 5.10 Å². The van der Waals surface area contributed by atoms with E-state index in [1.807, 2.05) is 42.7 Å². The van der Waals surface area contributed by atoms with E-state index in [1.165, 1.54) is 0 Å². The van der Waals surface area contributed by atoms with Crippen LogP contribution in [-0.4, -0.2) is 31.1 Å². The fourth-order valence-corrected chi connectivity index (χ4v) is 6.02. The van der Waals surface area contributed by atoms with Gasteiger partial charge in [-0.1, -0.05) is 25.0 Å². The number of nitrogens with zero attached hydrogens (tertiary/aromatic N) is 3. The average molecular weight is 505 g/mol. The fraction of sp³-hybridized carbons (Fsp3) is 0.172. The summed E-state index contributed by atoms with van der Waals surface area (Å²) in [5.41, 5.74) is 7.41. The van der Waals surface area contributed by atoms with Crippen LogP contribution in [0.25, 0.3) is 54.9 Å². The molecule has 0 atom stereocenters. The molecule has 1 amide bonds. The van der Waals surface area contributed by atoms with E-state index in [4.69, 9.17) is 0 Å². The number of nitrogens with one attached hydrogen (secondary N) is 3. The summed E-state index contributed by atoms with van der Waals surface area (Å²) >= 11 is 1.68. The van der Waals surface area contributed by atoms with Crippen molar-refractivity contribution in [2.45, 2.75) is 25.7 Å². The molecule has 7 nitrogen and oxygen atoms in total. The third-order valence-electron chi connectivity index (χ3n) is 7.19. The minimum absolute atomic E-state index is 0.0965. The van der Waals surface area contributed by atoms with Crippen LogP contribution in [0.3, 0.4) is 0 Å². The molecule has 0 aliphatic heterocycles. The van der Waals surface area contributed by atoms with Crippen LogP contribution in [-0.2, 0) is 4.79 Å². The molecule has 1 aliphatic carbocycles. The van der Waals surface area contributed by atoms with Gasteiger partial charge in [-0.3, -0.25) is 19.9 Å². The van der Waals surface area contributed by atoms with Crippen LogP contribution in [0.2, 0.25) is 0 Å². The summed E-state index contributed by atoms with van der Waals surface area (Å²) in [4.78, 5) is 26.3. The second-order valence-electron chi connectivity index (χ2n) is 9.55. The van der Waals surface area contributed by atoms with E-state index in [-0.39, 0.29) is 11.8 Å². The molecule has 0 saturated heterocycles. The van der Waals surface area contributed by atoms with Crippen molar-refractivity contribution in [3.63, 3.8) is 0 Å². The first-order chi connectivity index (χ1) is 18.2. The Hall–Kier alpha value is -4.30. The zero-order chi connectivity index (χ0) is 24.8. The first-order valence-corrected chi connectivity index (χ1v) is 13.4. The number of fused-ring (bicyclic) bond motifs is 2. The lowest BCUT2D eigenvalue weighted by Crippen LogP contribution is -2.20. The number of anilines is 1. The number of amides is 1. The third kappa shape index (κ3) is 3.99. The molecule has 8 heteroatoms. The SMILES string of the molecule is O=C(Nc1cncc(-c2ccc3[nH]nc(-c4cc5c(-c6cccs6)nccc5[nH]4)c3c2)c1)C1CCCC1. The van der Waals surface area contributed by atoms with Gasteiger partial charge in [-0.25, -0.2) is 0 Å². The van der Waals surface area contributed by atoms with Gasteiger partial charge in [0.15, 0.2) is 0 Å². The molecule has 37 heavy (non-hydrogen) atoms. The van der Waals surface area contributed by atoms with E-state index in [0.29, 0.717) is 0 Å². The molecular formula is C29H24N6OS. The molecule has 1 aliphatic rings. The van der Waals surface area contributed by atoms with Crippen molar-refractivity contribution in [3.8, 4) is 33.1 Å². The third-order valence-corrected chi connectivity index (χ3v) is 8.06. The summed E-state index contributed by atoms with van der Waals surface area (Å²) in [5.74, 6) is 0.208. The van der Waals surface area contributed by atoms with Gasteiger partial charge in [-0.15, -0.1) is 11.3 Å². The molecular weight excluding hydrogens is 480 g/mol. The summed E-state index contributed by atoms with van der Waals surface area (Å²) < 4.78 is 0. The van der Waals surface area contributed by atoms with Gasteiger partial charge >= 0.3 is 0 Å².